The maximum Gasteiger partial charge on any atom is 0.133 e. The van der Waals surface area contributed by atoms with E-state index in [1.807, 2.05) is 36.4 Å². The highest BCUT2D eigenvalue weighted by Crippen LogP contribution is 2.34. The minimum absolute atomic E-state index is 0. The minimum atomic E-state index is 0. The van der Waals surface area contributed by atoms with Crippen LogP contribution in [0.15, 0.2) is 41.4 Å². The Bertz CT molecular complexity index is 612. The fraction of sp³-hybridized carbons (Fsp3) is 0.214. The van der Waals surface area contributed by atoms with E-state index < -0.39 is 0 Å². The van der Waals surface area contributed by atoms with Gasteiger partial charge in [0.1, 0.15) is 10.8 Å². The summed E-state index contributed by atoms with van der Waals surface area (Å²) in [5.41, 5.74) is 0.859. The maximum atomic E-state index is 10.3. The number of nitrogens with zero attached hydrogens (tertiary/aromatic N) is 1. The highest BCUT2D eigenvalue weighted by molar-refractivity contribution is 8.15. The van der Waals surface area contributed by atoms with Crippen molar-refractivity contribution in [3.8, 4) is 5.75 Å². The molecule has 0 aliphatic carbocycles. The topological polar surface area (TPSA) is 32.6 Å². The van der Waals surface area contributed by atoms with Crippen molar-refractivity contribution >= 4 is 40.0 Å². The lowest BCUT2D eigenvalue weighted by molar-refractivity contribution is 0.481. The van der Waals surface area contributed by atoms with Crippen molar-refractivity contribution in [3.63, 3.8) is 0 Å². The summed E-state index contributed by atoms with van der Waals surface area (Å²) in [6, 6.07) is 11.9. The number of rotatable bonds is 1. The molecule has 0 spiro atoms. The normalized spacial score (nSPS) is 18.5. The van der Waals surface area contributed by atoms with Crippen molar-refractivity contribution in [2.75, 3.05) is 6.54 Å². The van der Waals surface area contributed by atoms with Crippen LogP contribution in [0, 0.1) is 0 Å². The van der Waals surface area contributed by atoms with E-state index in [2.05, 4.69) is 11.9 Å². The summed E-state index contributed by atoms with van der Waals surface area (Å²) in [6.07, 6.45) is 0. The number of hydrogen-bond acceptors (Lipinski definition) is 3. The molecule has 2 aromatic rings. The Morgan fingerprint density at radius 3 is 2.72 bits per heavy atom. The Balaban J connectivity index is 0.00000120. The van der Waals surface area contributed by atoms with Gasteiger partial charge in [0.15, 0.2) is 0 Å². The number of fused-ring (bicyclic) bond motifs is 1. The van der Waals surface area contributed by atoms with E-state index in [-0.39, 0.29) is 12.4 Å². The van der Waals surface area contributed by atoms with Crippen LogP contribution in [-0.2, 0) is 0 Å². The fourth-order valence-electron chi connectivity index (χ4n) is 2.05. The summed E-state index contributed by atoms with van der Waals surface area (Å²) in [5.74, 6) is 0.350. The second-order valence-corrected chi connectivity index (χ2v) is 5.68. The maximum absolute atomic E-state index is 10.3. The molecule has 0 saturated heterocycles. The molecule has 1 aliphatic rings. The van der Waals surface area contributed by atoms with Gasteiger partial charge in [-0.3, -0.25) is 4.99 Å². The van der Waals surface area contributed by atoms with Crippen LogP contribution in [0.25, 0.3) is 10.8 Å². The smallest absolute Gasteiger partial charge is 0.133 e. The molecule has 3 rings (SSSR count). The van der Waals surface area contributed by atoms with E-state index in [1.54, 1.807) is 11.8 Å². The van der Waals surface area contributed by atoms with Gasteiger partial charge in [-0.2, -0.15) is 0 Å². The zero-order chi connectivity index (χ0) is 11.8. The Labute approximate surface area is 117 Å². The van der Waals surface area contributed by atoms with E-state index in [0.717, 1.165) is 27.9 Å². The average molecular weight is 280 g/mol. The van der Waals surface area contributed by atoms with Crippen LogP contribution in [0.1, 0.15) is 12.5 Å². The zero-order valence-electron chi connectivity index (χ0n) is 9.96. The van der Waals surface area contributed by atoms with Crippen molar-refractivity contribution in [2.24, 2.45) is 4.99 Å². The highest BCUT2D eigenvalue weighted by atomic mass is 35.5. The number of thioether (sulfide) groups is 1. The molecular formula is C14H14ClNOS. The number of aromatic hydroxyl groups is 1. The van der Waals surface area contributed by atoms with Gasteiger partial charge in [0.05, 0.1) is 6.54 Å². The average Bonchev–Trinajstić information content (AvgIpc) is 2.77. The van der Waals surface area contributed by atoms with Crippen molar-refractivity contribution in [1.29, 1.82) is 0 Å². The summed E-state index contributed by atoms with van der Waals surface area (Å²) in [7, 11) is 0. The minimum Gasteiger partial charge on any atom is -0.507 e. The predicted molar refractivity (Wildman–Crippen MR) is 81.3 cm³/mol. The van der Waals surface area contributed by atoms with Crippen LogP contribution in [0.3, 0.4) is 0 Å². The molecule has 2 nitrogen and oxygen atoms in total. The Morgan fingerprint density at radius 1 is 1.22 bits per heavy atom. The van der Waals surface area contributed by atoms with Crippen molar-refractivity contribution in [3.05, 3.63) is 42.0 Å². The predicted octanol–water partition coefficient (Wildman–Crippen LogP) is 3.85. The number of halogens is 1. The molecule has 0 bridgehead atoms. The highest BCUT2D eigenvalue weighted by Gasteiger charge is 2.19. The number of hydrogen-bond donors (Lipinski definition) is 1. The van der Waals surface area contributed by atoms with Gasteiger partial charge in [-0.15, -0.1) is 24.2 Å². The lowest BCUT2D eigenvalue weighted by Gasteiger charge is -2.07. The first-order valence-electron chi connectivity index (χ1n) is 5.68. The SMILES string of the molecule is CC1CN=C(c2ccc3ccccc3c2O)S1.Cl. The van der Waals surface area contributed by atoms with Crippen LogP contribution < -0.4 is 0 Å². The molecule has 18 heavy (non-hydrogen) atoms. The molecule has 1 N–H and O–H groups in total. The second-order valence-electron chi connectivity index (χ2n) is 4.26. The van der Waals surface area contributed by atoms with Gasteiger partial charge in [0.2, 0.25) is 0 Å². The molecule has 1 aliphatic heterocycles. The number of phenols is 1. The number of phenolic OH excluding ortho intramolecular Hbond substituents is 1. The molecule has 0 amide bonds. The summed E-state index contributed by atoms with van der Waals surface area (Å²) in [4.78, 5) is 4.47. The quantitative estimate of drug-likeness (QED) is 0.860. The summed E-state index contributed by atoms with van der Waals surface area (Å²) in [5, 5.41) is 13.7. The number of aliphatic imine (C=N–C) groups is 1. The van der Waals surface area contributed by atoms with Gasteiger partial charge >= 0.3 is 0 Å². The molecule has 0 aromatic heterocycles. The third-order valence-electron chi connectivity index (χ3n) is 2.94. The molecule has 94 valence electrons. The van der Waals surface area contributed by atoms with Crippen LogP contribution in [0.4, 0.5) is 0 Å². The Hall–Kier alpha value is -1.19. The lowest BCUT2D eigenvalue weighted by Crippen LogP contribution is -1.96. The van der Waals surface area contributed by atoms with Gasteiger partial charge in [-0.05, 0) is 11.5 Å². The van der Waals surface area contributed by atoms with Crippen LogP contribution in [0.2, 0.25) is 0 Å². The number of benzene rings is 2. The molecule has 1 atom stereocenters. The molecule has 0 radical (unpaired) electrons. The van der Waals surface area contributed by atoms with E-state index in [4.69, 9.17) is 0 Å². The molecule has 1 heterocycles. The third-order valence-corrected chi connectivity index (χ3v) is 4.06. The molecule has 4 heteroatoms. The first kappa shape index (κ1) is 13.2. The van der Waals surface area contributed by atoms with E-state index in [0.29, 0.717) is 11.0 Å². The fourth-order valence-corrected chi connectivity index (χ4v) is 3.02. The Morgan fingerprint density at radius 2 is 2.00 bits per heavy atom. The Kier molecular flexibility index (Phi) is 3.83. The van der Waals surface area contributed by atoms with Crippen molar-refractivity contribution in [1.82, 2.24) is 0 Å². The van der Waals surface area contributed by atoms with Crippen LogP contribution in [0.5, 0.6) is 5.75 Å². The van der Waals surface area contributed by atoms with E-state index in [9.17, 15) is 5.11 Å². The lowest BCUT2D eigenvalue weighted by atomic mass is 10.1. The molecule has 0 saturated carbocycles. The standard InChI is InChI=1S/C14H13NOS.ClH/c1-9-8-15-14(17-9)12-7-6-10-4-2-3-5-11(10)13(12)16;/h2-7,9,16H,8H2,1H3;1H. The van der Waals surface area contributed by atoms with Crippen molar-refractivity contribution < 1.29 is 5.11 Å². The molecule has 1 unspecified atom stereocenters. The summed E-state index contributed by atoms with van der Waals surface area (Å²) in [6.45, 7) is 2.99. The van der Waals surface area contributed by atoms with Crippen LogP contribution in [-0.4, -0.2) is 21.9 Å². The molecule has 2 aromatic carbocycles. The third kappa shape index (κ3) is 2.20. The van der Waals surface area contributed by atoms with Gasteiger partial charge in [-0.1, -0.05) is 37.3 Å². The van der Waals surface area contributed by atoms with Gasteiger partial charge < -0.3 is 5.11 Å². The van der Waals surface area contributed by atoms with Crippen LogP contribution >= 0.6 is 24.2 Å². The summed E-state index contributed by atoms with van der Waals surface area (Å²) < 4.78 is 0. The van der Waals surface area contributed by atoms with E-state index in [1.165, 1.54) is 0 Å². The summed E-state index contributed by atoms with van der Waals surface area (Å²) >= 11 is 1.73. The largest absolute Gasteiger partial charge is 0.507 e. The zero-order valence-corrected chi connectivity index (χ0v) is 11.6. The first-order valence-corrected chi connectivity index (χ1v) is 6.56. The van der Waals surface area contributed by atoms with E-state index >= 15 is 0 Å². The van der Waals surface area contributed by atoms with Gasteiger partial charge in [0, 0.05) is 16.2 Å². The second kappa shape index (κ2) is 5.21. The molecule has 0 fully saturated rings. The van der Waals surface area contributed by atoms with Gasteiger partial charge in [0.25, 0.3) is 0 Å². The monoisotopic (exact) mass is 279 g/mol. The van der Waals surface area contributed by atoms with Crippen molar-refractivity contribution in [2.45, 2.75) is 12.2 Å². The molecular weight excluding hydrogens is 266 g/mol. The van der Waals surface area contributed by atoms with Gasteiger partial charge in [-0.25, -0.2) is 0 Å². The first-order chi connectivity index (χ1) is 8.25.